The molecule has 1 saturated carbocycles. The van der Waals surface area contributed by atoms with Gasteiger partial charge in [0.1, 0.15) is 0 Å². The number of nitrogens with one attached hydrogen (secondary N) is 1. The van der Waals surface area contributed by atoms with Crippen LogP contribution < -0.4 is 5.32 Å². The molecule has 1 aromatic rings. The van der Waals surface area contributed by atoms with Crippen LogP contribution in [-0.2, 0) is 14.4 Å². The number of rotatable bonds is 3. The molecular weight excluding hydrogens is 365 g/mol. The average Bonchev–Trinajstić information content (AvgIpc) is 3.38. The summed E-state index contributed by atoms with van der Waals surface area (Å²) >= 11 is 11.8. The van der Waals surface area contributed by atoms with Crippen molar-refractivity contribution in [2.75, 3.05) is 31.5 Å². The molecule has 1 N–H and O–H groups in total. The molecule has 2 unspecified atom stereocenters. The van der Waals surface area contributed by atoms with Crippen LogP contribution in [0.2, 0.25) is 10.0 Å². The van der Waals surface area contributed by atoms with Crippen molar-refractivity contribution in [1.29, 1.82) is 0 Å². The van der Waals surface area contributed by atoms with Crippen LogP contribution >= 0.6 is 23.2 Å². The highest BCUT2D eigenvalue weighted by atomic mass is 35.5. The molecule has 2 fully saturated rings. The Balaban J connectivity index is 1.51. The first-order valence-corrected chi connectivity index (χ1v) is 8.92. The zero-order valence-electron chi connectivity index (χ0n) is 13.8. The summed E-state index contributed by atoms with van der Waals surface area (Å²) in [7, 11) is 0. The Hall–Kier alpha value is -1.79. The highest BCUT2D eigenvalue weighted by Crippen LogP contribution is 2.41. The van der Waals surface area contributed by atoms with Crippen LogP contribution in [0.15, 0.2) is 18.2 Å². The van der Waals surface area contributed by atoms with Crippen LogP contribution in [0.25, 0.3) is 0 Å². The van der Waals surface area contributed by atoms with Gasteiger partial charge in [0, 0.05) is 38.8 Å². The maximum Gasteiger partial charge on any atom is 0.228 e. The van der Waals surface area contributed by atoms with E-state index in [-0.39, 0.29) is 29.6 Å². The van der Waals surface area contributed by atoms with Gasteiger partial charge in [-0.1, -0.05) is 23.2 Å². The number of benzene rings is 1. The average molecular weight is 384 g/mol. The molecule has 25 heavy (non-hydrogen) atoms. The number of nitrogens with zero attached hydrogens (tertiary/aromatic N) is 2. The van der Waals surface area contributed by atoms with E-state index in [4.69, 9.17) is 23.2 Å². The summed E-state index contributed by atoms with van der Waals surface area (Å²) in [5.74, 6) is -0.742. The standard InChI is InChI=1S/C17H19Cl2N3O3/c1-10(23)21-4-6-22(7-5-21)17(25)13-9-12(13)16(24)20-11-2-3-14(18)15(19)8-11/h2-3,8,12-13H,4-7,9H2,1H3,(H,20,24). The van der Waals surface area contributed by atoms with Gasteiger partial charge >= 0.3 is 0 Å². The first kappa shape index (κ1) is 18.0. The Bertz CT molecular complexity index is 717. The second-order valence-electron chi connectivity index (χ2n) is 6.40. The molecule has 1 aliphatic heterocycles. The van der Waals surface area contributed by atoms with Crippen LogP contribution in [0, 0.1) is 11.8 Å². The second-order valence-corrected chi connectivity index (χ2v) is 7.21. The Morgan fingerprint density at radius 3 is 2.24 bits per heavy atom. The smallest absolute Gasteiger partial charge is 0.228 e. The largest absolute Gasteiger partial charge is 0.339 e. The minimum atomic E-state index is -0.312. The quantitative estimate of drug-likeness (QED) is 0.869. The number of carbonyl (C=O) groups is 3. The van der Waals surface area contributed by atoms with Crippen LogP contribution in [0.3, 0.4) is 0 Å². The molecule has 3 amide bonds. The molecule has 0 bridgehead atoms. The summed E-state index contributed by atoms with van der Waals surface area (Å²) in [5, 5.41) is 3.56. The van der Waals surface area contributed by atoms with Crippen molar-refractivity contribution in [3.63, 3.8) is 0 Å². The summed E-state index contributed by atoms with van der Waals surface area (Å²) in [4.78, 5) is 39.6. The Labute approximate surface area is 156 Å². The summed E-state index contributed by atoms with van der Waals surface area (Å²) in [5.41, 5.74) is 0.563. The van der Waals surface area contributed by atoms with Crippen LogP contribution in [-0.4, -0.2) is 53.7 Å². The Morgan fingerprint density at radius 1 is 1.00 bits per heavy atom. The number of hydrogen-bond acceptors (Lipinski definition) is 3. The number of piperazine rings is 1. The van der Waals surface area contributed by atoms with Crippen LogP contribution in [0.5, 0.6) is 0 Å². The Morgan fingerprint density at radius 2 is 1.64 bits per heavy atom. The van der Waals surface area contributed by atoms with E-state index in [0.29, 0.717) is 48.3 Å². The number of halogens is 2. The van der Waals surface area contributed by atoms with Gasteiger partial charge in [-0.25, -0.2) is 0 Å². The van der Waals surface area contributed by atoms with E-state index in [2.05, 4.69) is 5.32 Å². The number of carbonyl (C=O) groups excluding carboxylic acids is 3. The molecule has 1 aromatic carbocycles. The molecular formula is C17H19Cl2N3O3. The van der Waals surface area contributed by atoms with E-state index in [9.17, 15) is 14.4 Å². The normalized spacial score (nSPS) is 22.5. The van der Waals surface area contributed by atoms with Gasteiger partial charge < -0.3 is 15.1 Å². The third-order valence-corrected chi connectivity index (χ3v) is 5.41. The fraction of sp³-hybridized carbons (Fsp3) is 0.471. The maximum atomic E-state index is 12.5. The first-order valence-electron chi connectivity index (χ1n) is 8.17. The van der Waals surface area contributed by atoms with Gasteiger partial charge in [0.2, 0.25) is 17.7 Å². The third kappa shape index (κ3) is 4.07. The van der Waals surface area contributed by atoms with Gasteiger partial charge in [-0.15, -0.1) is 0 Å². The predicted octanol–water partition coefficient (Wildman–Crippen LogP) is 2.26. The molecule has 2 atom stereocenters. The van der Waals surface area contributed by atoms with Gasteiger partial charge in [-0.05, 0) is 24.6 Å². The van der Waals surface area contributed by atoms with Gasteiger partial charge in [0.05, 0.1) is 21.9 Å². The second kappa shape index (κ2) is 7.22. The van der Waals surface area contributed by atoms with Gasteiger partial charge in [-0.3, -0.25) is 14.4 Å². The lowest BCUT2D eigenvalue weighted by Crippen LogP contribution is -2.50. The Kier molecular flexibility index (Phi) is 5.20. The van der Waals surface area contributed by atoms with Crippen molar-refractivity contribution < 1.29 is 14.4 Å². The van der Waals surface area contributed by atoms with Crippen molar-refractivity contribution in [2.45, 2.75) is 13.3 Å². The topological polar surface area (TPSA) is 69.7 Å². The molecule has 1 aliphatic carbocycles. The zero-order valence-corrected chi connectivity index (χ0v) is 15.3. The van der Waals surface area contributed by atoms with E-state index >= 15 is 0 Å². The lowest BCUT2D eigenvalue weighted by Gasteiger charge is -2.34. The van der Waals surface area contributed by atoms with Crippen LogP contribution in [0.1, 0.15) is 13.3 Å². The fourth-order valence-corrected chi connectivity index (χ4v) is 3.34. The molecule has 0 spiro atoms. The zero-order chi connectivity index (χ0) is 18.1. The summed E-state index contributed by atoms with van der Waals surface area (Å²) in [6.45, 7) is 3.68. The SMILES string of the molecule is CC(=O)N1CCN(C(=O)C2CC2C(=O)Nc2ccc(Cl)c(Cl)c2)CC1. The molecule has 8 heteroatoms. The number of hydrogen-bond donors (Lipinski definition) is 1. The van der Waals surface area contributed by atoms with Gasteiger partial charge in [0.15, 0.2) is 0 Å². The molecule has 3 rings (SSSR count). The van der Waals surface area contributed by atoms with Crippen molar-refractivity contribution in [1.82, 2.24) is 9.80 Å². The molecule has 6 nitrogen and oxygen atoms in total. The van der Waals surface area contributed by atoms with Gasteiger partial charge in [0.25, 0.3) is 0 Å². The third-order valence-electron chi connectivity index (χ3n) is 4.67. The molecule has 2 aliphatic rings. The van der Waals surface area contributed by atoms with Crippen molar-refractivity contribution in [3.8, 4) is 0 Å². The number of anilines is 1. The van der Waals surface area contributed by atoms with Crippen LogP contribution in [0.4, 0.5) is 5.69 Å². The maximum absolute atomic E-state index is 12.5. The van der Waals surface area contributed by atoms with E-state index < -0.39 is 0 Å². The predicted molar refractivity (Wildman–Crippen MR) is 95.5 cm³/mol. The van der Waals surface area contributed by atoms with Gasteiger partial charge in [-0.2, -0.15) is 0 Å². The lowest BCUT2D eigenvalue weighted by molar-refractivity contribution is -0.139. The highest BCUT2D eigenvalue weighted by molar-refractivity contribution is 6.42. The van der Waals surface area contributed by atoms with Crippen molar-refractivity contribution >= 4 is 46.6 Å². The lowest BCUT2D eigenvalue weighted by atomic mass is 10.2. The van der Waals surface area contributed by atoms with Crippen molar-refractivity contribution in [2.24, 2.45) is 11.8 Å². The van der Waals surface area contributed by atoms with E-state index in [0.717, 1.165) is 0 Å². The molecule has 0 radical (unpaired) electrons. The summed E-state index contributed by atoms with van der Waals surface area (Å²) in [6.07, 6.45) is 0.554. The summed E-state index contributed by atoms with van der Waals surface area (Å²) < 4.78 is 0. The van der Waals surface area contributed by atoms with E-state index in [1.54, 1.807) is 28.0 Å². The fourth-order valence-electron chi connectivity index (χ4n) is 3.04. The monoisotopic (exact) mass is 383 g/mol. The molecule has 0 aromatic heterocycles. The highest BCUT2D eigenvalue weighted by Gasteiger charge is 2.49. The first-order chi connectivity index (χ1) is 11.9. The minimum Gasteiger partial charge on any atom is -0.339 e. The molecule has 1 heterocycles. The van der Waals surface area contributed by atoms with E-state index in [1.807, 2.05) is 0 Å². The minimum absolute atomic E-state index is 0.00232. The number of amides is 3. The summed E-state index contributed by atoms with van der Waals surface area (Å²) in [6, 6.07) is 4.87. The van der Waals surface area contributed by atoms with E-state index in [1.165, 1.54) is 6.92 Å². The molecule has 1 saturated heterocycles. The van der Waals surface area contributed by atoms with Crippen molar-refractivity contribution in [3.05, 3.63) is 28.2 Å². The molecule has 134 valence electrons.